The molecule has 0 radical (unpaired) electrons. The minimum absolute atomic E-state index is 0.102. The van der Waals surface area contributed by atoms with Crippen LogP contribution < -0.4 is 0 Å². The fourth-order valence-corrected chi connectivity index (χ4v) is 5.83. The number of hydrogen-bond acceptors (Lipinski definition) is 2. The van der Waals surface area contributed by atoms with Gasteiger partial charge in [-0.25, -0.2) is 0 Å². The zero-order chi connectivity index (χ0) is 22.0. The van der Waals surface area contributed by atoms with Gasteiger partial charge in [0.1, 0.15) is 0 Å². The molecule has 0 amide bonds. The van der Waals surface area contributed by atoms with Crippen LogP contribution in [0.4, 0.5) is 0 Å². The van der Waals surface area contributed by atoms with E-state index in [-0.39, 0.29) is 3.42 Å². The lowest BCUT2D eigenvalue weighted by molar-refractivity contribution is 0.595. The van der Waals surface area contributed by atoms with E-state index in [1.807, 2.05) is 85.8 Å². The normalized spacial score (nSPS) is 20.2. The lowest BCUT2D eigenvalue weighted by Gasteiger charge is -2.21. The van der Waals surface area contributed by atoms with Crippen LogP contribution in [0.2, 0.25) is 0 Å². The van der Waals surface area contributed by atoms with Crippen LogP contribution in [0.1, 0.15) is 18.9 Å². The van der Waals surface area contributed by atoms with Gasteiger partial charge in [-0.1, -0.05) is 46.4 Å². The predicted molar refractivity (Wildman–Crippen MR) is 138 cm³/mol. The van der Waals surface area contributed by atoms with Crippen LogP contribution in [-0.2, 0) is 22.4 Å². The Morgan fingerprint density at radius 2 is 1.19 bits per heavy atom. The molecule has 31 heavy (non-hydrogen) atoms. The second kappa shape index (κ2) is 9.55. The molecule has 4 rings (SSSR count). The van der Waals surface area contributed by atoms with Gasteiger partial charge < -0.3 is 9.11 Å². The minimum Gasteiger partial charge on any atom is -0.606 e. The van der Waals surface area contributed by atoms with Gasteiger partial charge in [-0.3, -0.25) is 0 Å². The van der Waals surface area contributed by atoms with Gasteiger partial charge in [-0.05, 0) is 104 Å². The number of rotatable bonds is 5. The number of benzene rings is 3. The van der Waals surface area contributed by atoms with Crippen molar-refractivity contribution in [3.8, 4) is 11.1 Å². The predicted octanol–water partition coefficient (Wildman–Crippen LogP) is 6.97. The average molecular weight is 559 g/mol. The number of alkyl halides is 1. The summed E-state index contributed by atoms with van der Waals surface area (Å²) >= 11 is 0.0495. The van der Waals surface area contributed by atoms with Gasteiger partial charge in [0.15, 0.2) is 19.6 Å². The largest absolute Gasteiger partial charge is 0.606 e. The Morgan fingerprint density at radius 3 is 1.65 bits per heavy atom. The maximum Gasteiger partial charge on any atom is 0.158 e. The topological polar surface area (TPSA) is 46.1 Å². The maximum atomic E-state index is 12.9. The molecule has 1 aliphatic carbocycles. The Labute approximate surface area is 204 Å². The summed E-state index contributed by atoms with van der Waals surface area (Å²) in [4.78, 5) is 3.25. The molecule has 0 spiro atoms. The van der Waals surface area contributed by atoms with E-state index in [4.69, 9.17) is 0 Å². The lowest BCUT2D eigenvalue weighted by Crippen LogP contribution is -2.15. The molecule has 0 saturated heterocycles. The molecule has 5 heteroatoms. The van der Waals surface area contributed by atoms with E-state index in [9.17, 15) is 9.11 Å². The first-order chi connectivity index (χ1) is 14.8. The van der Waals surface area contributed by atoms with Crippen LogP contribution in [0, 0.1) is 6.92 Å². The Bertz CT molecular complexity index is 1100. The van der Waals surface area contributed by atoms with Gasteiger partial charge in [0.25, 0.3) is 0 Å². The Kier molecular flexibility index (Phi) is 6.98. The number of hydrogen-bond donors (Lipinski definition) is 0. The third-order valence-corrected chi connectivity index (χ3v) is 8.85. The SMILES string of the molecule is Cc1ccc([S+]([O-])c2ccc(-c3ccc([S+]([O-])C4=CCC(C)(I)C=C4)cc3)cc2)cc1. The molecule has 0 aliphatic heterocycles. The quantitative estimate of drug-likeness (QED) is 0.193. The summed E-state index contributed by atoms with van der Waals surface area (Å²) < 4.78 is 25.8. The first-order valence-electron chi connectivity index (χ1n) is 10.0. The van der Waals surface area contributed by atoms with Crippen LogP contribution in [0.25, 0.3) is 11.1 Å². The molecular formula is C26H23IO2S2. The smallest absolute Gasteiger partial charge is 0.158 e. The molecular weight excluding hydrogens is 535 g/mol. The molecule has 0 saturated carbocycles. The van der Waals surface area contributed by atoms with E-state index in [2.05, 4.69) is 41.7 Å². The van der Waals surface area contributed by atoms with E-state index in [1.54, 1.807) is 0 Å². The zero-order valence-corrected chi connectivity index (χ0v) is 21.2. The molecule has 3 unspecified atom stereocenters. The van der Waals surface area contributed by atoms with Gasteiger partial charge in [-0.2, -0.15) is 0 Å². The molecule has 3 aromatic carbocycles. The number of halogens is 1. The molecule has 0 aromatic heterocycles. The first-order valence-corrected chi connectivity index (χ1v) is 13.4. The second-order valence-electron chi connectivity index (χ2n) is 7.82. The highest BCUT2D eigenvalue weighted by atomic mass is 127. The van der Waals surface area contributed by atoms with Crippen molar-refractivity contribution in [2.75, 3.05) is 0 Å². The summed E-state index contributed by atoms with van der Waals surface area (Å²) in [6, 6.07) is 23.4. The average Bonchev–Trinajstić information content (AvgIpc) is 2.79. The van der Waals surface area contributed by atoms with Crippen LogP contribution in [0.15, 0.2) is 111 Å². The van der Waals surface area contributed by atoms with E-state index in [0.717, 1.165) is 42.7 Å². The van der Waals surface area contributed by atoms with E-state index in [1.165, 1.54) is 0 Å². The highest BCUT2D eigenvalue weighted by Crippen LogP contribution is 2.33. The summed E-state index contributed by atoms with van der Waals surface area (Å²) in [6.07, 6.45) is 7.06. The van der Waals surface area contributed by atoms with Crippen molar-refractivity contribution in [2.24, 2.45) is 0 Å². The first kappa shape index (κ1) is 22.7. The maximum absolute atomic E-state index is 12.9. The van der Waals surface area contributed by atoms with Crippen molar-refractivity contribution in [3.05, 3.63) is 101 Å². The third kappa shape index (κ3) is 5.46. The van der Waals surface area contributed by atoms with E-state index in [0.29, 0.717) is 0 Å². The number of aryl methyl sites for hydroxylation is 1. The summed E-state index contributed by atoms with van der Waals surface area (Å²) in [5.41, 5.74) is 3.24. The molecule has 3 atom stereocenters. The molecule has 3 aromatic rings. The Morgan fingerprint density at radius 1 is 0.742 bits per heavy atom. The Balaban J connectivity index is 1.47. The van der Waals surface area contributed by atoms with Crippen LogP contribution in [0.3, 0.4) is 0 Å². The van der Waals surface area contributed by atoms with Crippen LogP contribution in [-0.4, -0.2) is 12.5 Å². The molecule has 2 nitrogen and oxygen atoms in total. The van der Waals surface area contributed by atoms with Gasteiger partial charge >= 0.3 is 0 Å². The van der Waals surface area contributed by atoms with Gasteiger partial charge in [0.05, 0.1) is 0 Å². The minimum atomic E-state index is -1.19. The van der Waals surface area contributed by atoms with Gasteiger partial charge in [0.2, 0.25) is 0 Å². The van der Waals surface area contributed by atoms with Crippen LogP contribution in [0.5, 0.6) is 0 Å². The molecule has 0 N–H and O–H groups in total. The summed E-state index contributed by atoms with van der Waals surface area (Å²) in [6.45, 7) is 4.18. The van der Waals surface area contributed by atoms with Crippen molar-refractivity contribution in [3.63, 3.8) is 0 Å². The fourth-order valence-electron chi connectivity index (χ4n) is 3.31. The van der Waals surface area contributed by atoms with E-state index >= 15 is 0 Å². The molecule has 0 fully saturated rings. The fraction of sp³-hybridized carbons (Fsp3) is 0.154. The van der Waals surface area contributed by atoms with Crippen molar-refractivity contribution in [2.45, 2.75) is 38.4 Å². The molecule has 1 aliphatic rings. The van der Waals surface area contributed by atoms with Gasteiger partial charge in [-0.15, -0.1) is 0 Å². The lowest BCUT2D eigenvalue weighted by atomic mass is 10.0. The Hall–Kier alpha value is -1.51. The zero-order valence-electron chi connectivity index (χ0n) is 17.4. The summed E-state index contributed by atoms with van der Waals surface area (Å²) in [5.74, 6) is 0. The third-order valence-electron chi connectivity index (χ3n) is 5.22. The number of allylic oxidation sites excluding steroid dienone is 3. The van der Waals surface area contributed by atoms with Crippen molar-refractivity contribution < 1.29 is 9.11 Å². The second-order valence-corrected chi connectivity index (χ2v) is 13.2. The summed E-state index contributed by atoms with van der Waals surface area (Å²) in [5, 5.41) is 0. The van der Waals surface area contributed by atoms with E-state index < -0.39 is 22.4 Å². The standard InChI is InChI=1S/C26H23IO2S2/c1-19-3-9-22(10-4-19)30(28)23-11-5-20(6-12-23)21-7-13-24(14-8-21)31(29)25-15-17-26(2,27)18-16-25/h3-17H,18H2,1-2H3. The highest BCUT2D eigenvalue weighted by Gasteiger charge is 2.24. The highest BCUT2D eigenvalue weighted by molar-refractivity contribution is 14.1. The van der Waals surface area contributed by atoms with Gasteiger partial charge in [0, 0.05) is 25.8 Å². The molecule has 0 heterocycles. The van der Waals surface area contributed by atoms with Crippen molar-refractivity contribution in [1.82, 2.24) is 0 Å². The molecule has 158 valence electrons. The van der Waals surface area contributed by atoms with Crippen molar-refractivity contribution >= 4 is 44.9 Å². The van der Waals surface area contributed by atoms with Crippen molar-refractivity contribution in [1.29, 1.82) is 0 Å². The summed E-state index contributed by atoms with van der Waals surface area (Å²) in [7, 11) is 0. The molecule has 0 bridgehead atoms. The van der Waals surface area contributed by atoms with Crippen LogP contribution >= 0.6 is 22.6 Å². The monoisotopic (exact) mass is 558 g/mol.